The maximum Gasteiger partial charge on any atom is 0.0809 e. The Morgan fingerprint density at radius 2 is 2.25 bits per heavy atom. The average Bonchev–Trinajstić information content (AvgIpc) is 3.13. The summed E-state index contributed by atoms with van der Waals surface area (Å²) >= 11 is 3.47. The zero-order chi connectivity index (χ0) is 13.8. The van der Waals surface area contributed by atoms with E-state index in [4.69, 9.17) is 0 Å². The van der Waals surface area contributed by atoms with Crippen LogP contribution in [0.4, 0.5) is 0 Å². The summed E-state index contributed by atoms with van der Waals surface area (Å²) in [6.07, 6.45) is 6.07. The Morgan fingerprint density at radius 1 is 1.30 bits per heavy atom. The first kappa shape index (κ1) is 13.7. The zero-order valence-electron chi connectivity index (χ0n) is 11.4. The second-order valence-corrected chi connectivity index (χ2v) is 6.67. The summed E-state index contributed by atoms with van der Waals surface area (Å²) in [7, 11) is 0. The predicted octanol–water partition coefficient (Wildman–Crippen LogP) is 4.04. The van der Waals surface area contributed by atoms with E-state index in [0.717, 1.165) is 24.9 Å². The highest BCUT2D eigenvalue weighted by Crippen LogP contribution is 2.25. The monoisotopic (exact) mass is 303 g/mol. The molecule has 3 aromatic rings. The van der Waals surface area contributed by atoms with Gasteiger partial charge in [-0.25, -0.2) is 0 Å². The van der Waals surface area contributed by atoms with E-state index in [1.807, 2.05) is 17.9 Å². The summed E-state index contributed by atoms with van der Waals surface area (Å²) in [5.41, 5.74) is 4.25. The van der Waals surface area contributed by atoms with Gasteiger partial charge in [-0.2, -0.15) is 0 Å². The number of rotatable bonds is 6. The third-order valence-corrected chi connectivity index (χ3v) is 4.91. The van der Waals surface area contributed by atoms with Crippen molar-refractivity contribution < 1.29 is 0 Å². The molecule has 0 bridgehead atoms. The van der Waals surface area contributed by atoms with Crippen molar-refractivity contribution in [3.63, 3.8) is 0 Å². The van der Waals surface area contributed by atoms with Gasteiger partial charge in [-0.15, -0.1) is 22.7 Å². The fraction of sp³-hybridized carbons (Fsp3) is 0.333. The van der Waals surface area contributed by atoms with Gasteiger partial charge in [-0.05, 0) is 36.0 Å². The third-order valence-electron chi connectivity index (χ3n) is 3.26. The van der Waals surface area contributed by atoms with E-state index in [0.29, 0.717) is 6.04 Å². The quantitative estimate of drug-likeness (QED) is 0.747. The van der Waals surface area contributed by atoms with Crippen LogP contribution in [0.1, 0.15) is 29.8 Å². The van der Waals surface area contributed by atoms with E-state index < -0.39 is 0 Å². The largest absolute Gasteiger partial charge is 0.310 e. The minimum absolute atomic E-state index is 0.314. The van der Waals surface area contributed by atoms with Crippen LogP contribution in [0.2, 0.25) is 0 Å². The normalized spacial score (nSPS) is 12.8. The lowest BCUT2D eigenvalue weighted by molar-refractivity contribution is 0.531. The molecule has 1 N–H and O–H groups in total. The van der Waals surface area contributed by atoms with E-state index in [1.165, 1.54) is 15.1 Å². The van der Waals surface area contributed by atoms with E-state index in [1.54, 1.807) is 22.7 Å². The number of nitrogens with one attached hydrogen (secondary N) is 1. The van der Waals surface area contributed by atoms with Crippen LogP contribution in [0.3, 0.4) is 0 Å². The number of hydrogen-bond donors (Lipinski definition) is 1. The molecule has 0 fully saturated rings. The van der Waals surface area contributed by atoms with Crippen LogP contribution in [0.25, 0.3) is 10.2 Å². The molecule has 0 aliphatic heterocycles. The first-order valence-electron chi connectivity index (χ1n) is 6.80. The molecule has 0 aromatic carbocycles. The van der Waals surface area contributed by atoms with Gasteiger partial charge in [0.1, 0.15) is 0 Å². The van der Waals surface area contributed by atoms with Gasteiger partial charge >= 0.3 is 0 Å². The molecule has 1 unspecified atom stereocenters. The molecule has 0 aliphatic carbocycles. The highest BCUT2D eigenvalue weighted by Gasteiger charge is 2.14. The molecule has 0 saturated heterocycles. The number of hydrogen-bond acceptors (Lipinski definition) is 5. The van der Waals surface area contributed by atoms with Gasteiger partial charge in [-0.3, -0.25) is 9.97 Å². The molecular formula is C15H17N3S2. The molecule has 104 valence electrons. The molecule has 0 amide bonds. The van der Waals surface area contributed by atoms with Crippen LogP contribution in [0, 0.1) is 0 Å². The second-order valence-electron chi connectivity index (χ2n) is 4.75. The lowest BCUT2D eigenvalue weighted by Gasteiger charge is -2.18. The summed E-state index contributed by atoms with van der Waals surface area (Å²) < 4.78 is 1.26. The Bertz CT molecular complexity index is 661. The minimum Gasteiger partial charge on any atom is -0.310 e. The topological polar surface area (TPSA) is 37.8 Å². The lowest BCUT2D eigenvalue weighted by atomic mass is 10.0. The van der Waals surface area contributed by atoms with Gasteiger partial charge in [0.15, 0.2) is 0 Å². The first-order chi connectivity index (χ1) is 9.86. The number of aromatic nitrogens is 2. The molecular weight excluding hydrogens is 286 g/mol. The van der Waals surface area contributed by atoms with Gasteiger partial charge in [0, 0.05) is 29.7 Å². The van der Waals surface area contributed by atoms with Gasteiger partial charge in [0.05, 0.1) is 15.7 Å². The van der Waals surface area contributed by atoms with Gasteiger partial charge in [0.2, 0.25) is 0 Å². The molecule has 3 rings (SSSR count). The van der Waals surface area contributed by atoms with Crippen molar-refractivity contribution in [2.45, 2.75) is 25.8 Å². The van der Waals surface area contributed by atoms with Crippen LogP contribution in [-0.4, -0.2) is 16.5 Å². The minimum atomic E-state index is 0.314. The highest BCUT2D eigenvalue weighted by molar-refractivity contribution is 7.17. The number of pyridine rings is 1. The third kappa shape index (κ3) is 3.06. The summed E-state index contributed by atoms with van der Waals surface area (Å²) in [6, 6.07) is 4.65. The molecule has 3 heterocycles. The Morgan fingerprint density at radius 3 is 3.05 bits per heavy atom. The van der Waals surface area contributed by atoms with E-state index in [-0.39, 0.29) is 0 Å². The predicted molar refractivity (Wildman–Crippen MR) is 86.5 cm³/mol. The highest BCUT2D eigenvalue weighted by atomic mass is 32.1. The fourth-order valence-corrected chi connectivity index (χ4v) is 3.65. The van der Waals surface area contributed by atoms with Gasteiger partial charge < -0.3 is 5.32 Å². The van der Waals surface area contributed by atoms with E-state index in [2.05, 4.69) is 39.7 Å². The van der Waals surface area contributed by atoms with Crippen molar-refractivity contribution in [1.82, 2.24) is 15.3 Å². The number of nitrogens with zero attached hydrogens (tertiary/aromatic N) is 2. The maximum absolute atomic E-state index is 4.56. The molecule has 1 atom stereocenters. The molecule has 20 heavy (non-hydrogen) atoms. The smallest absolute Gasteiger partial charge is 0.0809 e. The maximum atomic E-state index is 4.56. The second kappa shape index (κ2) is 6.43. The van der Waals surface area contributed by atoms with Crippen LogP contribution in [0.5, 0.6) is 0 Å². The van der Waals surface area contributed by atoms with Crippen molar-refractivity contribution in [3.8, 4) is 0 Å². The molecule has 0 radical (unpaired) electrons. The summed E-state index contributed by atoms with van der Waals surface area (Å²) in [4.78, 5) is 10.0. The van der Waals surface area contributed by atoms with E-state index in [9.17, 15) is 0 Å². The zero-order valence-corrected chi connectivity index (χ0v) is 13.0. The van der Waals surface area contributed by atoms with E-state index >= 15 is 0 Å². The number of thiophene rings is 1. The Kier molecular flexibility index (Phi) is 4.40. The van der Waals surface area contributed by atoms with Crippen molar-refractivity contribution >= 4 is 32.9 Å². The van der Waals surface area contributed by atoms with Gasteiger partial charge in [0.25, 0.3) is 0 Å². The van der Waals surface area contributed by atoms with Crippen LogP contribution >= 0.6 is 22.7 Å². The van der Waals surface area contributed by atoms with Crippen LogP contribution in [0.15, 0.2) is 35.4 Å². The SMILES string of the molecule is CCCNC(Cc1cncs1)c1cnc2ccsc2c1. The van der Waals surface area contributed by atoms with Crippen molar-refractivity contribution in [3.05, 3.63) is 45.9 Å². The molecule has 3 nitrogen and oxygen atoms in total. The standard InChI is InChI=1S/C15H17N3S2/c1-2-4-17-14(7-12-9-16-10-20-12)11-6-15-13(18-8-11)3-5-19-15/h3,5-6,8-10,14,17H,2,4,7H2,1H3. The Balaban J connectivity index is 1.86. The molecule has 0 saturated carbocycles. The average molecular weight is 303 g/mol. The van der Waals surface area contributed by atoms with Crippen molar-refractivity contribution in [2.75, 3.05) is 6.54 Å². The van der Waals surface area contributed by atoms with Crippen molar-refractivity contribution in [1.29, 1.82) is 0 Å². The molecule has 5 heteroatoms. The number of fused-ring (bicyclic) bond motifs is 1. The summed E-state index contributed by atoms with van der Waals surface area (Å²) in [5, 5.41) is 5.72. The lowest BCUT2D eigenvalue weighted by Crippen LogP contribution is -2.24. The van der Waals surface area contributed by atoms with Gasteiger partial charge in [-0.1, -0.05) is 6.92 Å². The van der Waals surface area contributed by atoms with Crippen molar-refractivity contribution in [2.24, 2.45) is 0 Å². The molecule has 3 aromatic heterocycles. The van der Waals surface area contributed by atoms with Crippen LogP contribution in [-0.2, 0) is 6.42 Å². The fourth-order valence-electron chi connectivity index (χ4n) is 2.22. The number of thiazole rings is 1. The summed E-state index contributed by atoms with van der Waals surface area (Å²) in [5.74, 6) is 0. The first-order valence-corrected chi connectivity index (χ1v) is 8.56. The molecule has 0 aliphatic rings. The molecule has 0 spiro atoms. The Hall–Kier alpha value is -1.30. The van der Waals surface area contributed by atoms with Crippen LogP contribution < -0.4 is 5.32 Å². The Labute approximate surface area is 126 Å². The summed E-state index contributed by atoms with van der Waals surface area (Å²) in [6.45, 7) is 3.21.